The van der Waals surface area contributed by atoms with E-state index in [0.29, 0.717) is 36.7 Å². The third-order valence-corrected chi connectivity index (χ3v) is 5.76. The molecule has 28 heavy (non-hydrogen) atoms. The van der Waals surface area contributed by atoms with Crippen LogP contribution in [0.5, 0.6) is 0 Å². The molecule has 1 saturated heterocycles. The first-order valence-electron chi connectivity index (χ1n) is 9.54. The van der Waals surface area contributed by atoms with Gasteiger partial charge in [-0.25, -0.2) is 14.4 Å². The van der Waals surface area contributed by atoms with Gasteiger partial charge in [0.1, 0.15) is 0 Å². The van der Waals surface area contributed by atoms with E-state index in [-0.39, 0.29) is 27.9 Å². The molecule has 3 aromatic heterocycles. The Bertz CT molecular complexity index is 1000. The first-order valence-corrected chi connectivity index (χ1v) is 9.54. The first-order chi connectivity index (χ1) is 13.4. The monoisotopic (exact) mass is 390 g/mol. The number of fused-ring (bicyclic) bond motifs is 1. The van der Waals surface area contributed by atoms with Crippen molar-refractivity contribution in [3.63, 3.8) is 0 Å². The topological polar surface area (TPSA) is 90.0 Å². The van der Waals surface area contributed by atoms with Crippen LogP contribution in [0.25, 0.3) is 22.4 Å². The zero-order valence-electron chi connectivity index (χ0n) is 16.3. The van der Waals surface area contributed by atoms with Crippen LogP contribution in [-0.2, 0) is 0 Å². The number of H-pyrrole nitrogens is 1. The maximum absolute atomic E-state index is 14.7. The van der Waals surface area contributed by atoms with E-state index in [0.717, 1.165) is 5.39 Å². The second-order valence-corrected chi connectivity index (χ2v) is 7.81. The summed E-state index contributed by atoms with van der Waals surface area (Å²) in [5.41, 5.74) is 1.01. The molecule has 0 aromatic carbocycles. The van der Waals surface area contributed by atoms with Gasteiger partial charge in [0, 0.05) is 35.5 Å². The van der Waals surface area contributed by atoms with Gasteiger partial charge in [0.2, 0.25) is 0 Å². The summed E-state index contributed by atoms with van der Waals surface area (Å²) in [6.07, 6.45) is 1.68. The van der Waals surface area contributed by atoms with Gasteiger partial charge in [-0.2, -0.15) is 5.10 Å². The second kappa shape index (κ2) is 7.10. The van der Waals surface area contributed by atoms with Gasteiger partial charge >= 0.3 is 0 Å². The van der Waals surface area contributed by atoms with Gasteiger partial charge in [0.15, 0.2) is 17.3 Å². The molecule has 0 radical (unpaired) electrons. The SMILES string of the molecule is CC(C)C(C)(O)C1CN(c2nc(-c3[nH]nc4ncccc34)ccc2F)CCN1.[HH].[HH].[HH]. The summed E-state index contributed by atoms with van der Waals surface area (Å²) in [7, 11) is 0. The molecule has 0 saturated carbocycles. The zero-order chi connectivity index (χ0) is 19.9. The molecule has 4 rings (SSSR count). The summed E-state index contributed by atoms with van der Waals surface area (Å²) in [6.45, 7) is 7.53. The van der Waals surface area contributed by atoms with E-state index >= 15 is 0 Å². The van der Waals surface area contributed by atoms with Gasteiger partial charge in [-0.3, -0.25) is 5.10 Å². The van der Waals surface area contributed by atoms with E-state index in [1.54, 1.807) is 12.3 Å². The average molecular weight is 391 g/mol. The summed E-state index contributed by atoms with van der Waals surface area (Å²) in [4.78, 5) is 10.7. The third-order valence-electron chi connectivity index (χ3n) is 5.76. The van der Waals surface area contributed by atoms with E-state index in [4.69, 9.17) is 0 Å². The van der Waals surface area contributed by atoms with Crippen LogP contribution >= 0.6 is 0 Å². The van der Waals surface area contributed by atoms with Crippen molar-refractivity contribution in [1.29, 1.82) is 0 Å². The number of anilines is 1. The van der Waals surface area contributed by atoms with E-state index in [1.165, 1.54) is 6.07 Å². The van der Waals surface area contributed by atoms with Crippen molar-refractivity contribution in [3.05, 3.63) is 36.3 Å². The Morgan fingerprint density at radius 1 is 1.36 bits per heavy atom. The first kappa shape index (κ1) is 18.8. The van der Waals surface area contributed by atoms with Crippen LogP contribution in [-0.4, -0.2) is 56.5 Å². The summed E-state index contributed by atoms with van der Waals surface area (Å²) in [6, 6.07) is 6.64. The molecular formula is C20H31FN6O. The smallest absolute Gasteiger partial charge is 0.181 e. The van der Waals surface area contributed by atoms with Gasteiger partial charge < -0.3 is 15.3 Å². The van der Waals surface area contributed by atoms with Gasteiger partial charge in [-0.1, -0.05) is 13.8 Å². The molecule has 2 unspecified atom stereocenters. The van der Waals surface area contributed by atoms with Crippen molar-refractivity contribution >= 4 is 16.9 Å². The lowest BCUT2D eigenvalue weighted by molar-refractivity contribution is -0.0232. The van der Waals surface area contributed by atoms with Crippen molar-refractivity contribution in [1.82, 2.24) is 25.5 Å². The number of aliphatic hydroxyl groups is 1. The lowest BCUT2D eigenvalue weighted by Gasteiger charge is -2.43. The highest BCUT2D eigenvalue weighted by atomic mass is 19.1. The van der Waals surface area contributed by atoms with Crippen LogP contribution in [0.4, 0.5) is 10.2 Å². The predicted molar refractivity (Wildman–Crippen MR) is 113 cm³/mol. The van der Waals surface area contributed by atoms with Gasteiger partial charge in [0.25, 0.3) is 0 Å². The van der Waals surface area contributed by atoms with Crippen molar-refractivity contribution in [3.8, 4) is 11.4 Å². The number of aromatic nitrogens is 4. The van der Waals surface area contributed by atoms with Crippen LogP contribution in [0.1, 0.15) is 25.1 Å². The average Bonchev–Trinajstić information content (AvgIpc) is 3.12. The van der Waals surface area contributed by atoms with Crippen molar-refractivity contribution < 1.29 is 13.8 Å². The van der Waals surface area contributed by atoms with E-state index in [1.807, 2.05) is 37.8 Å². The highest BCUT2D eigenvalue weighted by Crippen LogP contribution is 2.29. The van der Waals surface area contributed by atoms with Crippen molar-refractivity contribution in [2.45, 2.75) is 32.4 Å². The normalized spacial score (nSPS) is 19.9. The Morgan fingerprint density at radius 2 is 2.18 bits per heavy atom. The molecule has 7 nitrogen and oxygen atoms in total. The van der Waals surface area contributed by atoms with Gasteiger partial charge in [0.05, 0.1) is 23.0 Å². The number of aromatic amines is 1. The molecule has 0 aliphatic carbocycles. The maximum Gasteiger partial charge on any atom is 0.181 e. The Labute approximate surface area is 167 Å². The third kappa shape index (κ3) is 3.22. The highest BCUT2D eigenvalue weighted by molar-refractivity contribution is 5.89. The standard InChI is InChI=1S/C20H25FN6O.3H2/c1-12(2)20(3,28)16-11-27(10-9-22-16)19-14(21)6-7-15(24-19)17-13-5-4-8-23-18(13)26-25-17;;;/h4-8,12,16,22,28H,9-11H2,1-3H3,(H,23,25,26);3*1H. The van der Waals surface area contributed by atoms with Crippen LogP contribution in [0.2, 0.25) is 0 Å². The molecule has 154 valence electrons. The molecule has 1 aliphatic rings. The second-order valence-electron chi connectivity index (χ2n) is 7.81. The number of halogens is 1. The Hall–Kier alpha value is -2.58. The van der Waals surface area contributed by atoms with Crippen LogP contribution < -0.4 is 10.2 Å². The minimum atomic E-state index is -0.905. The predicted octanol–water partition coefficient (Wildman–Crippen LogP) is 3.08. The van der Waals surface area contributed by atoms with E-state index < -0.39 is 5.60 Å². The molecule has 4 heterocycles. The lowest BCUT2D eigenvalue weighted by atomic mass is 9.84. The number of nitrogens with one attached hydrogen (secondary N) is 2. The molecule has 1 aliphatic heterocycles. The molecular weight excluding hydrogens is 359 g/mol. The molecule has 0 amide bonds. The Balaban J connectivity index is 0.00000160. The molecule has 8 heteroatoms. The largest absolute Gasteiger partial charge is 0.388 e. The van der Waals surface area contributed by atoms with Crippen LogP contribution in [0.3, 0.4) is 0 Å². The number of nitrogens with zero attached hydrogens (tertiary/aromatic N) is 4. The van der Waals surface area contributed by atoms with Crippen molar-refractivity contribution in [2.24, 2.45) is 5.92 Å². The molecule has 3 N–H and O–H groups in total. The summed E-state index contributed by atoms with van der Waals surface area (Å²) in [5, 5.41) is 22.2. The Morgan fingerprint density at radius 3 is 2.96 bits per heavy atom. The number of piperazine rings is 1. The van der Waals surface area contributed by atoms with E-state index in [9.17, 15) is 9.50 Å². The van der Waals surface area contributed by atoms with Gasteiger partial charge in [-0.15, -0.1) is 0 Å². The molecule has 0 spiro atoms. The number of pyridine rings is 2. The van der Waals surface area contributed by atoms with Crippen molar-refractivity contribution in [2.75, 3.05) is 24.5 Å². The van der Waals surface area contributed by atoms with Gasteiger partial charge in [-0.05, 0) is 37.1 Å². The number of hydrogen-bond acceptors (Lipinski definition) is 6. The van der Waals surface area contributed by atoms with Crippen LogP contribution in [0.15, 0.2) is 30.5 Å². The number of hydrogen-bond donors (Lipinski definition) is 3. The Kier molecular flexibility index (Phi) is 4.76. The highest BCUT2D eigenvalue weighted by Gasteiger charge is 2.38. The fourth-order valence-corrected chi connectivity index (χ4v) is 3.57. The molecule has 0 bridgehead atoms. The summed E-state index contributed by atoms with van der Waals surface area (Å²) >= 11 is 0. The summed E-state index contributed by atoms with van der Waals surface area (Å²) in [5.74, 6) is -0.0244. The molecule has 1 fully saturated rings. The summed E-state index contributed by atoms with van der Waals surface area (Å²) < 4.78 is 14.7. The zero-order valence-corrected chi connectivity index (χ0v) is 16.3. The quantitative estimate of drug-likeness (QED) is 0.634. The minimum Gasteiger partial charge on any atom is -0.388 e. The molecule has 3 aromatic rings. The maximum atomic E-state index is 14.7. The fraction of sp³-hybridized carbons (Fsp3) is 0.450. The lowest BCUT2D eigenvalue weighted by Crippen LogP contribution is -2.62. The van der Waals surface area contributed by atoms with Crippen LogP contribution in [0, 0.1) is 11.7 Å². The van der Waals surface area contributed by atoms with E-state index in [2.05, 4.69) is 25.5 Å². The number of rotatable bonds is 4. The minimum absolute atomic E-state index is 0. The molecule has 2 atom stereocenters. The fourth-order valence-electron chi connectivity index (χ4n) is 3.57.